The molecule has 0 unspecified atom stereocenters. The van der Waals surface area contributed by atoms with E-state index in [1.807, 2.05) is 24.3 Å². The van der Waals surface area contributed by atoms with Crippen LogP contribution in [0.3, 0.4) is 0 Å². The molecular weight excluding hydrogens is 377 g/mol. The van der Waals surface area contributed by atoms with E-state index >= 15 is 0 Å². The minimum Gasteiger partial charge on any atom is -0.294 e. The lowest BCUT2D eigenvalue weighted by atomic mass is 9.97. The first kappa shape index (κ1) is 18.7. The predicted molar refractivity (Wildman–Crippen MR) is 116 cm³/mol. The van der Waals surface area contributed by atoms with E-state index < -0.39 is 0 Å². The Labute approximate surface area is 174 Å². The van der Waals surface area contributed by atoms with Crippen LogP contribution >= 0.6 is 0 Å². The van der Waals surface area contributed by atoms with Crippen molar-refractivity contribution in [3.63, 3.8) is 0 Å². The zero-order valence-corrected chi connectivity index (χ0v) is 16.6. The Morgan fingerprint density at radius 3 is 2.43 bits per heavy atom. The van der Waals surface area contributed by atoms with Gasteiger partial charge in [0.25, 0.3) is 5.56 Å². The lowest BCUT2D eigenvalue weighted by molar-refractivity contribution is 0.244. The van der Waals surface area contributed by atoms with Gasteiger partial charge in [-0.05, 0) is 47.4 Å². The van der Waals surface area contributed by atoms with Crippen molar-refractivity contribution in [2.45, 2.75) is 26.1 Å². The number of halogens is 1. The van der Waals surface area contributed by atoms with Crippen LogP contribution in [0.1, 0.15) is 22.3 Å². The highest BCUT2D eigenvalue weighted by atomic mass is 19.1. The molecule has 150 valence electrons. The van der Waals surface area contributed by atoms with Gasteiger partial charge in [0.1, 0.15) is 11.5 Å². The van der Waals surface area contributed by atoms with E-state index in [1.165, 1.54) is 17.7 Å². The second-order valence-corrected chi connectivity index (χ2v) is 7.80. The molecule has 0 fully saturated rings. The summed E-state index contributed by atoms with van der Waals surface area (Å²) in [5.74, 6) is -0.281. The molecule has 2 aromatic carbocycles. The molecule has 0 N–H and O–H groups in total. The molecular formula is C25H22FN3O. The third-order valence-corrected chi connectivity index (χ3v) is 5.80. The van der Waals surface area contributed by atoms with E-state index in [9.17, 15) is 9.18 Å². The van der Waals surface area contributed by atoms with Crippen molar-refractivity contribution < 1.29 is 4.39 Å². The van der Waals surface area contributed by atoms with E-state index in [-0.39, 0.29) is 11.4 Å². The minimum absolute atomic E-state index is 0.00159. The Hall–Kier alpha value is -3.31. The first-order chi connectivity index (χ1) is 14.7. The lowest BCUT2D eigenvalue weighted by Crippen LogP contribution is -2.37. The van der Waals surface area contributed by atoms with Gasteiger partial charge in [-0.1, -0.05) is 42.5 Å². The van der Waals surface area contributed by atoms with Gasteiger partial charge in [0.15, 0.2) is 0 Å². The van der Waals surface area contributed by atoms with Gasteiger partial charge in [0.05, 0.1) is 6.54 Å². The first-order valence-corrected chi connectivity index (χ1v) is 10.2. The van der Waals surface area contributed by atoms with E-state index in [4.69, 9.17) is 0 Å². The smallest absolute Gasteiger partial charge is 0.257 e. The highest BCUT2D eigenvalue weighted by molar-refractivity contribution is 5.80. The standard InChI is InChI=1S/C25H22FN3O/c26-20-10-8-19(9-11-20)16-29-24-22(7-4-13-27-24)21-12-14-28(17-23(21)25(29)30)15-18-5-2-1-3-6-18/h1-11,13H,12,14-17H2. The van der Waals surface area contributed by atoms with Crippen LogP contribution < -0.4 is 5.56 Å². The largest absolute Gasteiger partial charge is 0.294 e. The number of rotatable bonds is 4. The molecule has 4 nitrogen and oxygen atoms in total. The second-order valence-electron chi connectivity index (χ2n) is 7.80. The van der Waals surface area contributed by atoms with Crippen LogP contribution in [0.2, 0.25) is 0 Å². The number of nitrogens with zero attached hydrogens (tertiary/aromatic N) is 3. The number of hydrogen-bond donors (Lipinski definition) is 0. The molecule has 3 heterocycles. The van der Waals surface area contributed by atoms with Gasteiger partial charge in [0.2, 0.25) is 0 Å². The van der Waals surface area contributed by atoms with Gasteiger partial charge < -0.3 is 0 Å². The summed E-state index contributed by atoms with van der Waals surface area (Å²) in [6.45, 7) is 2.73. The molecule has 5 heteroatoms. The summed E-state index contributed by atoms with van der Waals surface area (Å²) in [5, 5.41) is 1.04. The molecule has 1 aliphatic rings. The van der Waals surface area contributed by atoms with Crippen LogP contribution in [0.25, 0.3) is 11.0 Å². The van der Waals surface area contributed by atoms with Crippen LogP contribution in [0.15, 0.2) is 77.7 Å². The van der Waals surface area contributed by atoms with Crippen LogP contribution in [0, 0.1) is 5.82 Å². The average molecular weight is 399 g/mol. The summed E-state index contributed by atoms with van der Waals surface area (Å²) in [5.41, 5.74) is 4.78. The van der Waals surface area contributed by atoms with Crippen LogP contribution in [-0.2, 0) is 26.1 Å². The van der Waals surface area contributed by atoms with Gasteiger partial charge >= 0.3 is 0 Å². The fourth-order valence-corrected chi connectivity index (χ4v) is 4.32. The molecule has 5 rings (SSSR count). The highest BCUT2D eigenvalue weighted by Crippen LogP contribution is 2.25. The topological polar surface area (TPSA) is 38.1 Å². The average Bonchev–Trinajstić information content (AvgIpc) is 2.79. The molecule has 0 spiro atoms. The third kappa shape index (κ3) is 3.53. The van der Waals surface area contributed by atoms with Crippen molar-refractivity contribution in [1.82, 2.24) is 14.5 Å². The normalized spacial score (nSPS) is 14.0. The van der Waals surface area contributed by atoms with Crippen molar-refractivity contribution in [2.75, 3.05) is 6.54 Å². The number of aromatic nitrogens is 2. The van der Waals surface area contributed by atoms with Crippen molar-refractivity contribution >= 4 is 11.0 Å². The van der Waals surface area contributed by atoms with Crippen molar-refractivity contribution in [3.05, 3.63) is 111 Å². The Balaban J connectivity index is 1.56. The second kappa shape index (κ2) is 7.84. The molecule has 0 saturated heterocycles. The van der Waals surface area contributed by atoms with E-state index in [2.05, 4.69) is 28.1 Å². The molecule has 4 aromatic rings. The summed E-state index contributed by atoms with van der Waals surface area (Å²) in [7, 11) is 0. The van der Waals surface area contributed by atoms with E-state index in [0.29, 0.717) is 18.7 Å². The maximum Gasteiger partial charge on any atom is 0.257 e. The van der Waals surface area contributed by atoms with Crippen molar-refractivity contribution in [2.24, 2.45) is 0 Å². The van der Waals surface area contributed by atoms with Gasteiger partial charge in [-0.3, -0.25) is 14.3 Å². The fraction of sp³-hybridized carbons (Fsp3) is 0.200. The zero-order valence-electron chi connectivity index (χ0n) is 16.6. The van der Waals surface area contributed by atoms with Gasteiger partial charge in [-0.25, -0.2) is 9.37 Å². The molecule has 2 aromatic heterocycles. The fourth-order valence-electron chi connectivity index (χ4n) is 4.32. The first-order valence-electron chi connectivity index (χ1n) is 10.2. The zero-order chi connectivity index (χ0) is 20.5. The summed E-state index contributed by atoms with van der Waals surface area (Å²) in [4.78, 5) is 20.4. The number of fused-ring (bicyclic) bond motifs is 3. The monoisotopic (exact) mass is 399 g/mol. The molecule has 0 radical (unpaired) electrons. The highest BCUT2D eigenvalue weighted by Gasteiger charge is 2.24. The lowest BCUT2D eigenvalue weighted by Gasteiger charge is -2.30. The Morgan fingerprint density at radius 1 is 0.867 bits per heavy atom. The molecule has 0 amide bonds. The molecule has 1 aliphatic heterocycles. The molecule has 0 aliphatic carbocycles. The van der Waals surface area contributed by atoms with Crippen LogP contribution in [-0.4, -0.2) is 21.0 Å². The van der Waals surface area contributed by atoms with Crippen LogP contribution in [0.4, 0.5) is 4.39 Å². The quantitative estimate of drug-likeness (QED) is 0.518. The molecule has 0 bridgehead atoms. The van der Waals surface area contributed by atoms with E-state index in [0.717, 1.165) is 41.6 Å². The summed E-state index contributed by atoms with van der Waals surface area (Å²) in [6, 6.07) is 20.6. The van der Waals surface area contributed by atoms with Crippen molar-refractivity contribution in [3.8, 4) is 0 Å². The van der Waals surface area contributed by atoms with E-state index in [1.54, 1.807) is 22.9 Å². The third-order valence-electron chi connectivity index (χ3n) is 5.80. The van der Waals surface area contributed by atoms with Crippen LogP contribution in [0.5, 0.6) is 0 Å². The summed E-state index contributed by atoms with van der Waals surface area (Å²) in [6.07, 6.45) is 2.55. The van der Waals surface area contributed by atoms with Gasteiger partial charge in [0, 0.05) is 36.8 Å². The molecule has 30 heavy (non-hydrogen) atoms. The Morgan fingerprint density at radius 2 is 1.63 bits per heavy atom. The Bertz CT molecular complexity index is 1250. The van der Waals surface area contributed by atoms with Crippen molar-refractivity contribution in [1.29, 1.82) is 0 Å². The number of pyridine rings is 2. The SMILES string of the molecule is O=c1c2c(c3cccnc3n1Cc1ccc(F)cc1)CCN(Cc1ccccc1)C2. The molecule has 0 atom stereocenters. The van der Waals surface area contributed by atoms with Gasteiger partial charge in [-0.2, -0.15) is 0 Å². The number of hydrogen-bond acceptors (Lipinski definition) is 3. The van der Waals surface area contributed by atoms with Gasteiger partial charge in [-0.15, -0.1) is 0 Å². The summed E-state index contributed by atoms with van der Waals surface area (Å²) < 4.78 is 15.0. The summed E-state index contributed by atoms with van der Waals surface area (Å²) >= 11 is 0. The minimum atomic E-state index is -0.281. The maximum atomic E-state index is 13.5. The molecule has 0 saturated carbocycles. The predicted octanol–water partition coefficient (Wildman–Crippen LogP) is 4.14. The maximum absolute atomic E-state index is 13.5. The number of benzene rings is 2. The Kier molecular flexibility index (Phi) is 4.89.